The van der Waals surface area contributed by atoms with Gasteiger partial charge >= 0.3 is 0 Å². The second-order valence-corrected chi connectivity index (χ2v) is 8.36. The van der Waals surface area contributed by atoms with Crippen LogP contribution in [0.5, 0.6) is 0 Å². The summed E-state index contributed by atoms with van der Waals surface area (Å²) in [6, 6.07) is 11.6. The fourth-order valence-corrected chi connectivity index (χ4v) is 3.09. The van der Waals surface area contributed by atoms with E-state index in [1.165, 1.54) is 23.0 Å². The van der Waals surface area contributed by atoms with E-state index < -0.39 is 0 Å². The smallest absolute Gasteiger partial charge is 0.0485 e. The van der Waals surface area contributed by atoms with Gasteiger partial charge in [0.05, 0.1) is 0 Å². The summed E-state index contributed by atoms with van der Waals surface area (Å²) in [7, 11) is 0. The third-order valence-electron chi connectivity index (χ3n) is 4.06. The monoisotopic (exact) mass is 271 g/mol. The number of nitrogens with zero attached hydrogens (tertiary/aromatic N) is 1. The van der Waals surface area contributed by atoms with Crippen LogP contribution in [-0.4, -0.2) is 4.57 Å². The quantitative estimate of drug-likeness (QED) is 0.634. The SMILES string of the molecule is Cc1cc2ccccc2n1C(CC(C)(C)C)C(C)(C)C. The second kappa shape index (κ2) is 4.95. The summed E-state index contributed by atoms with van der Waals surface area (Å²) < 4.78 is 2.56. The Bertz CT molecular complexity index is 590. The van der Waals surface area contributed by atoms with Gasteiger partial charge in [-0.3, -0.25) is 0 Å². The number of rotatable bonds is 2. The highest BCUT2D eigenvalue weighted by molar-refractivity contribution is 5.81. The van der Waals surface area contributed by atoms with Gasteiger partial charge in [0.1, 0.15) is 0 Å². The molecule has 0 N–H and O–H groups in total. The Balaban J connectivity index is 2.60. The Labute approximate surface area is 124 Å². The van der Waals surface area contributed by atoms with Crippen molar-refractivity contribution in [3.8, 4) is 0 Å². The van der Waals surface area contributed by atoms with E-state index in [1.54, 1.807) is 0 Å². The van der Waals surface area contributed by atoms with Crippen molar-refractivity contribution in [1.29, 1.82) is 0 Å². The Morgan fingerprint density at radius 2 is 1.60 bits per heavy atom. The zero-order valence-electron chi connectivity index (χ0n) is 14.1. The van der Waals surface area contributed by atoms with Crippen LogP contribution in [0.3, 0.4) is 0 Å². The van der Waals surface area contributed by atoms with Crippen molar-refractivity contribution in [2.75, 3.05) is 0 Å². The molecule has 2 aromatic rings. The van der Waals surface area contributed by atoms with Crippen LogP contribution in [0.2, 0.25) is 0 Å². The van der Waals surface area contributed by atoms with Crippen molar-refractivity contribution in [1.82, 2.24) is 4.57 Å². The molecule has 1 unspecified atom stereocenters. The van der Waals surface area contributed by atoms with Crippen LogP contribution in [0.25, 0.3) is 10.9 Å². The highest BCUT2D eigenvalue weighted by Gasteiger charge is 2.31. The van der Waals surface area contributed by atoms with Crippen LogP contribution in [0, 0.1) is 17.8 Å². The van der Waals surface area contributed by atoms with Crippen LogP contribution in [0.4, 0.5) is 0 Å². The number of aryl methyl sites for hydroxylation is 1. The number of hydrogen-bond donors (Lipinski definition) is 0. The molecule has 1 aromatic heterocycles. The normalized spacial score (nSPS) is 14.8. The Morgan fingerprint density at radius 1 is 1.00 bits per heavy atom. The standard InChI is InChI=1S/C19H29N/c1-14-12-15-10-8-9-11-16(15)20(14)17(19(5,6)7)13-18(2,3)4/h8-12,17H,13H2,1-7H3. The predicted molar refractivity (Wildman–Crippen MR) is 89.2 cm³/mol. The van der Waals surface area contributed by atoms with Crippen molar-refractivity contribution in [3.05, 3.63) is 36.0 Å². The molecule has 0 amide bonds. The van der Waals surface area contributed by atoms with Crippen molar-refractivity contribution in [2.45, 2.75) is 60.9 Å². The molecule has 1 atom stereocenters. The number of aromatic nitrogens is 1. The second-order valence-electron chi connectivity index (χ2n) is 8.36. The lowest BCUT2D eigenvalue weighted by atomic mass is 9.76. The first-order chi connectivity index (χ1) is 9.09. The highest BCUT2D eigenvalue weighted by Crippen LogP contribution is 2.42. The molecule has 110 valence electrons. The van der Waals surface area contributed by atoms with E-state index in [9.17, 15) is 0 Å². The molecule has 0 fully saturated rings. The topological polar surface area (TPSA) is 4.93 Å². The number of para-hydroxylation sites is 1. The summed E-state index contributed by atoms with van der Waals surface area (Å²) in [5, 5.41) is 1.35. The van der Waals surface area contributed by atoms with Crippen LogP contribution in [-0.2, 0) is 0 Å². The zero-order valence-corrected chi connectivity index (χ0v) is 14.1. The molecule has 0 saturated heterocycles. The van der Waals surface area contributed by atoms with E-state index in [0.29, 0.717) is 11.5 Å². The first kappa shape index (κ1) is 15.2. The first-order valence-corrected chi connectivity index (χ1v) is 7.66. The van der Waals surface area contributed by atoms with E-state index >= 15 is 0 Å². The average molecular weight is 271 g/mol. The third kappa shape index (κ3) is 3.08. The van der Waals surface area contributed by atoms with Gasteiger partial charge in [-0.25, -0.2) is 0 Å². The first-order valence-electron chi connectivity index (χ1n) is 7.66. The molecule has 0 aliphatic carbocycles. The maximum atomic E-state index is 2.56. The van der Waals surface area contributed by atoms with Crippen molar-refractivity contribution >= 4 is 10.9 Å². The minimum absolute atomic E-state index is 0.250. The molecule has 20 heavy (non-hydrogen) atoms. The van der Waals surface area contributed by atoms with Gasteiger partial charge in [0.2, 0.25) is 0 Å². The number of benzene rings is 1. The lowest BCUT2D eigenvalue weighted by Gasteiger charge is -2.38. The van der Waals surface area contributed by atoms with E-state index in [0.717, 1.165) is 0 Å². The summed E-state index contributed by atoms with van der Waals surface area (Å²) in [4.78, 5) is 0. The van der Waals surface area contributed by atoms with Crippen LogP contribution in [0.15, 0.2) is 30.3 Å². The molecule has 2 rings (SSSR count). The summed E-state index contributed by atoms with van der Waals surface area (Å²) in [5.41, 5.74) is 3.32. The fourth-order valence-electron chi connectivity index (χ4n) is 3.09. The molecule has 1 heterocycles. The van der Waals surface area contributed by atoms with Gasteiger partial charge in [-0.1, -0.05) is 59.7 Å². The summed E-state index contributed by atoms with van der Waals surface area (Å²) in [6.45, 7) is 16.3. The molecule has 0 aliphatic heterocycles. The lowest BCUT2D eigenvalue weighted by Crippen LogP contribution is -2.29. The van der Waals surface area contributed by atoms with Crippen molar-refractivity contribution in [2.24, 2.45) is 10.8 Å². The number of hydrogen-bond acceptors (Lipinski definition) is 0. The van der Waals surface area contributed by atoms with Gasteiger partial charge in [0, 0.05) is 17.3 Å². The molecule has 1 nitrogen and oxygen atoms in total. The van der Waals surface area contributed by atoms with Crippen LogP contribution >= 0.6 is 0 Å². The molecule has 0 bridgehead atoms. The van der Waals surface area contributed by atoms with E-state index in [2.05, 4.69) is 83.4 Å². The van der Waals surface area contributed by atoms with Gasteiger partial charge in [0.25, 0.3) is 0 Å². The minimum Gasteiger partial charge on any atom is -0.341 e. The van der Waals surface area contributed by atoms with Crippen molar-refractivity contribution in [3.63, 3.8) is 0 Å². The third-order valence-corrected chi connectivity index (χ3v) is 4.06. The maximum absolute atomic E-state index is 2.56. The zero-order chi connectivity index (χ0) is 15.1. The molecule has 0 radical (unpaired) electrons. The highest BCUT2D eigenvalue weighted by atomic mass is 15.0. The Morgan fingerprint density at radius 3 is 2.15 bits per heavy atom. The molecule has 0 spiro atoms. The molecular formula is C19H29N. The summed E-state index contributed by atoms with van der Waals surface area (Å²) in [6.07, 6.45) is 1.19. The molecule has 1 heteroatoms. The van der Waals surface area contributed by atoms with E-state index in [4.69, 9.17) is 0 Å². The van der Waals surface area contributed by atoms with Gasteiger partial charge in [-0.05, 0) is 41.7 Å². The van der Waals surface area contributed by atoms with Crippen LogP contribution < -0.4 is 0 Å². The maximum Gasteiger partial charge on any atom is 0.0485 e. The Kier molecular flexibility index (Phi) is 3.75. The summed E-state index contributed by atoms with van der Waals surface area (Å²) >= 11 is 0. The largest absolute Gasteiger partial charge is 0.341 e. The molecule has 0 saturated carbocycles. The van der Waals surface area contributed by atoms with Crippen molar-refractivity contribution < 1.29 is 0 Å². The van der Waals surface area contributed by atoms with Crippen LogP contribution in [0.1, 0.15) is 59.7 Å². The van der Waals surface area contributed by atoms with E-state index in [1.807, 2.05) is 0 Å². The molecule has 0 aliphatic rings. The average Bonchev–Trinajstić information content (AvgIpc) is 2.59. The Hall–Kier alpha value is -1.24. The number of fused-ring (bicyclic) bond motifs is 1. The summed E-state index contributed by atoms with van der Waals surface area (Å²) in [5.74, 6) is 0. The van der Waals surface area contributed by atoms with E-state index in [-0.39, 0.29) is 5.41 Å². The lowest BCUT2D eigenvalue weighted by molar-refractivity contribution is 0.172. The van der Waals surface area contributed by atoms with Gasteiger partial charge < -0.3 is 4.57 Å². The molecular weight excluding hydrogens is 242 g/mol. The van der Waals surface area contributed by atoms with Gasteiger partial charge in [-0.15, -0.1) is 0 Å². The van der Waals surface area contributed by atoms with Gasteiger partial charge in [0.15, 0.2) is 0 Å². The van der Waals surface area contributed by atoms with Gasteiger partial charge in [-0.2, -0.15) is 0 Å². The molecule has 1 aromatic carbocycles. The minimum atomic E-state index is 0.250. The predicted octanol–water partition coefficient (Wildman–Crippen LogP) is 5.97. The fraction of sp³-hybridized carbons (Fsp3) is 0.579.